The minimum Gasteiger partial charge on any atom is -0.423 e. The largest absolute Gasteiger partial charge is 0.423 e. The normalized spacial score (nSPS) is 11.0. The molecule has 0 aliphatic carbocycles. The first kappa shape index (κ1) is 16.4. The molecule has 0 atom stereocenters. The van der Waals surface area contributed by atoms with Gasteiger partial charge in [-0.15, -0.1) is 11.3 Å². The molecule has 24 heavy (non-hydrogen) atoms. The summed E-state index contributed by atoms with van der Waals surface area (Å²) in [6.45, 7) is 6.26. The lowest BCUT2D eigenvalue weighted by atomic mass is 10.1. The fraction of sp³-hybridized carbons (Fsp3) is 0.278. The van der Waals surface area contributed by atoms with E-state index in [0.29, 0.717) is 17.7 Å². The van der Waals surface area contributed by atoms with Crippen LogP contribution < -0.4 is 10.9 Å². The van der Waals surface area contributed by atoms with Crippen molar-refractivity contribution < 1.29 is 9.21 Å². The van der Waals surface area contributed by atoms with Crippen LogP contribution in [0.4, 0.5) is 0 Å². The molecule has 5 nitrogen and oxygen atoms in total. The maximum atomic E-state index is 12.3. The summed E-state index contributed by atoms with van der Waals surface area (Å²) in [6.07, 6.45) is 0.141. The number of carbonyl (C=O) groups is 1. The second kappa shape index (κ2) is 6.57. The van der Waals surface area contributed by atoms with E-state index in [1.165, 1.54) is 6.07 Å². The van der Waals surface area contributed by atoms with Gasteiger partial charge in [-0.3, -0.25) is 4.79 Å². The van der Waals surface area contributed by atoms with Crippen molar-refractivity contribution in [1.82, 2.24) is 10.3 Å². The van der Waals surface area contributed by atoms with Crippen LogP contribution in [0.2, 0.25) is 0 Å². The molecule has 1 N–H and O–H groups in total. The highest BCUT2D eigenvalue weighted by molar-refractivity contribution is 7.11. The molecule has 0 unspecified atom stereocenters. The van der Waals surface area contributed by atoms with Gasteiger partial charge in [-0.2, -0.15) is 0 Å². The molecule has 0 bridgehead atoms. The number of thiazole rings is 1. The van der Waals surface area contributed by atoms with E-state index in [-0.39, 0.29) is 12.3 Å². The Morgan fingerprint density at radius 3 is 2.75 bits per heavy atom. The van der Waals surface area contributed by atoms with Crippen LogP contribution in [0.3, 0.4) is 0 Å². The first-order valence-corrected chi connectivity index (χ1v) is 8.47. The zero-order valence-electron chi connectivity index (χ0n) is 13.8. The molecule has 0 aliphatic rings. The third-order valence-electron chi connectivity index (χ3n) is 3.78. The maximum absolute atomic E-state index is 12.3. The zero-order valence-corrected chi connectivity index (χ0v) is 14.6. The Hall–Kier alpha value is -2.47. The summed E-state index contributed by atoms with van der Waals surface area (Å²) < 4.78 is 5.22. The quantitative estimate of drug-likeness (QED) is 0.740. The number of amides is 1. The van der Waals surface area contributed by atoms with E-state index >= 15 is 0 Å². The highest BCUT2D eigenvalue weighted by Gasteiger charge is 2.11. The smallest absolute Gasteiger partial charge is 0.336 e. The molecule has 124 valence electrons. The number of aryl methyl sites for hydroxylation is 3. The molecule has 0 saturated carbocycles. The van der Waals surface area contributed by atoms with Gasteiger partial charge < -0.3 is 9.73 Å². The molecular weight excluding hydrogens is 324 g/mol. The molecule has 6 heteroatoms. The Labute approximate surface area is 143 Å². The maximum Gasteiger partial charge on any atom is 0.336 e. The van der Waals surface area contributed by atoms with Crippen molar-refractivity contribution in [2.45, 2.75) is 33.7 Å². The summed E-state index contributed by atoms with van der Waals surface area (Å²) in [5, 5.41) is 4.67. The zero-order chi connectivity index (χ0) is 17.3. The number of aromatic nitrogens is 1. The van der Waals surface area contributed by atoms with Gasteiger partial charge in [0.25, 0.3) is 0 Å². The van der Waals surface area contributed by atoms with Gasteiger partial charge in [0.15, 0.2) is 0 Å². The number of fused-ring (bicyclic) bond motifs is 1. The van der Waals surface area contributed by atoms with E-state index < -0.39 is 5.63 Å². The van der Waals surface area contributed by atoms with Crippen molar-refractivity contribution in [3.8, 4) is 0 Å². The molecule has 2 aromatic heterocycles. The van der Waals surface area contributed by atoms with Crippen LogP contribution in [-0.4, -0.2) is 10.9 Å². The Balaban J connectivity index is 1.78. The van der Waals surface area contributed by atoms with Gasteiger partial charge in [-0.05, 0) is 38.0 Å². The summed E-state index contributed by atoms with van der Waals surface area (Å²) in [5.41, 5.74) is 2.70. The first-order valence-electron chi connectivity index (χ1n) is 7.65. The average molecular weight is 342 g/mol. The van der Waals surface area contributed by atoms with Crippen molar-refractivity contribution in [3.63, 3.8) is 0 Å². The number of nitrogens with one attached hydrogen (secondary N) is 1. The Bertz CT molecular complexity index is 972. The highest BCUT2D eigenvalue weighted by Crippen LogP contribution is 2.19. The molecule has 0 fully saturated rings. The van der Waals surface area contributed by atoms with Crippen LogP contribution in [-0.2, 0) is 17.8 Å². The van der Waals surface area contributed by atoms with Crippen LogP contribution in [0.15, 0.2) is 33.5 Å². The molecule has 1 aromatic carbocycles. The van der Waals surface area contributed by atoms with Gasteiger partial charge in [0.1, 0.15) is 5.58 Å². The number of carbonyl (C=O) groups excluding carboxylic acids is 1. The minimum atomic E-state index is -0.440. The second-order valence-electron chi connectivity index (χ2n) is 5.79. The van der Waals surface area contributed by atoms with E-state index in [1.807, 2.05) is 39.0 Å². The van der Waals surface area contributed by atoms with E-state index in [1.54, 1.807) is 11.3 Å². The van der Waals surface area contributed by atoms with Crippen molar-refractivity contribution in [2.24, 2.45) is 0 Å². The lowest BCUT2D eigenvalue weighted by Gasteiger charge is -2.07. The minimum absolute atomic E-state index is 0.132. The van der Waals surface area contributed by atoms with Crippen LogP contribution in [0, 0.1) is 20.8 Å². The SMILES string of the molecule is Cc1ccc2c(CC(=O)NCc3sc(C)nc3C)cc(=O)oc2c1. The van der Waals surface area contributed by atoms with Gasteiger partial charge in [-0.1, -0.05) is 12.1 Å². The van der Waals surface area contributed by atoms with Gasteiger partial charge >= 0.3 is 5.63 Å². The first-order chi connectivity index (χ1) is 11.4. The van der Waals surface area contributed by atoms with E-state index in [4.69, 9.17) is 4.42 Å². The van der Waals surface area contributed by atoms with E-state index in [2.05, 4.69) is 10.3 Å². The van der Waals surface area contributed by atoms with E-state index in [0.717, 1.165) is 26.5 Å². The third-order valence-corrected chi connectivity index (χ3v) is 4.86. The number of rotatable bonds is 4. The second-order valence-corrected chi connectivity index (χ2v) is 7.07. The summed E-state index contributed by atoms with van der Waals surface area (Å²) in [4.78, 5) is 29.4. The Morgan fingerprint density at radius 2 is 2.04 bits per heavy atom. The predicted molar refractivity (Wildman–Crippen MR) is 94.4 cm³/mol. The fourth-order valence-corrected chi connectivity index (χ4v) is 3.51. The third kappa shape index (κ3) is 3.54. The van der Waals surface area contributed by atoms with Gasteiger partial charge in [0.2, 0.25) is 5.91 Å². The van der Waals surface area contributed by atoms with E-state index in [9.17, 15) is 9.59 Å². The van der Waals surface area contributed by atoms with Crippen LogP contribution in [0.5, 0.6) is 0 Å². The van der Waals surface area contributed by atoms with Gasteiger partial charge in [0.05, 0.1) is 23.7 Å². The average Bonchev–Trinajstić information content (AvgIpc) is 2.82. The fourth-order valence-electron chi connectivity index (χ4n) is 2.64. The molecular formula is C18H18N2O3S. The van der Waals surface area contributed by atoms with Crippen molar-refractivity contribution in [3.05, 3.63) is 61.4 Å². The van der Waals surface area contributed by atoms with Gasteiger partial charge in [0, 0.05) is 16.3 Å². The molecule has 0 aliphatic heterocycles. The number of hydrogen-bond acceptors (Lipinski definition) is 5. The number of nitrogens with zero attached hydrogens (tertiary/aromatic N) is 1. The standard InChI is InChI=1S/C18H18N2O3S/c1-10-4-5-14-13(8-18(22)23-15(14)6-10)7-17(21)19-9-16-11(2)20-12(3)24-16/h4-6,8H,7,9H2,1-3H3,(H,19,21). The molecule has 0 spiro atoms. The molecule has 0 saturated heterocycles. The molecule has 2 heterocycles. The predicted octanol–water partition coefficient (Wildman–Crippen LogP) is 3.03. The van der Waals surface area contributed by atoms with Crippen LogP contribution in [0.1, 0.15) is 26.7 Å². The molecule has 3 aromatic rings. The lowest BCUT2D eigenvalue weighted by molar-refractivity contribution is -0.120. The summed E-state index contributed by atoms with van der Waals surface area (Å²) >= 11 is 1.58. The van der Waals surface area contributed by atoms with Crippen LogP contribution >= 0.6 is 11.3 Å². The monoisotopic (exact) mass is 342 g/mol. The van der Waals surface area contributed by atoms with Crippen molar-refractivity contribution in [2.75, 3.05) is 0 Å². The van der Waals surface area contributed by atoms with Crippen LogP contribution in [0.25, 0.3) is 11.0 Å². The highest BCUT2D eigenvalue weighted by atomic mass is 32.1. The molecule has 3 rings (SSSR count). The molecule has 1 amide bonds. The topological polar surface area (TPSA) is 72.2 Å². The van der Waals surface area contributed by atoms with Gasteiger partial charge in [-0.25, -0.2) is 9.78 Å². The summed E-state index contributed by atoms with van der Waals surface area (Å²) in [5.74, 6) is -0.132. The number of hydrogen-bond donors (Lipinski definition) is 1. The summed E-state index contributed by atoms with van der Waals surface area (Å²) in [6, 6.07) is 7.01. The van der Waals surface area contributed by atoms with Crippen molar-refractivity contribution >= 4 is 28.2 Å². The number of benzene rings is 1. The van der Waals surface area contributed by atoms with Crippen molar-refractivity contribution in [1.29, 1.82) is 0 Å². The Morgan fingerprint density at radius 1 is 1.25 bits per heavy atom. The summed E-state index contributed by atoms with van der Waals surface area (Å²) in [7, 11) is 0. The Kier molecular flexibility index (Phi) is 4.49. The molecule has 0 radical (unpaired) electrons. The lowest BCUT2D eigenvalue weighted by Crippen LogP contribution is -2.25.